The minimum Gasteiger partial charge on any atom is -0.358 e. The third kappa shape index (κ3) is 1.99. The van der Waals surface area contributed by atoms with E-state index in [1.165, 1.54) is 0 Å². The summed E-state index contributed by atoms with van der Waals surface area (Å²) in [7, 11) is 1.86. The number of nitrogens with zero attached hydrogens (tertiary/aromatic N) is 5. The minimum absolute atomic E-state index is 0.0674. The number of anilines is 1. The van der Waals surface area contributed by atoms with E-state index in [1.54, 1.807) is 27.9 Å². The molecule has 7 nitrogen and oxygen atoms in total. The van der Waals surface area contributed by atoms with Crippen LogP contribution in [0.15, 0.2) is 23.5 Å². The van der Waals surface area contributed by atoms with Gasteiger partial charge in [-0.3, -0.25) is 4.79 Å². The van der Waals surface area contributed by atoms with Crippen LogP contribution in [0.25, 0.3) is 0 Å². The zero-order chi connectivity index (χ0) is 12.5. The van der Waals surface area contributed by atoms with Crippen LogP contribution in [0.3, 0.4) is 0 Å². The van der Waals surface area contributed by atoms with Gasteiger partial charge in [-0.1, -0.05) is 0 Å². The molecule has 18 heavy (non-hydrogen) atoms. The maximum Gasteiger partial charge on any atom is 0.293 e. The standard InChI is InChI=1S/C11H14N6O/c1-16-7-14-15-9(16)6-13-10-11(18)17(5-4-12-10)8-2-3-8/h4-5,7-8H,2-3,6H2,1H3,(H,12,13). The maximum atomic E-state index is 12.1. The molecule has 1 fully saturated rings. The summed E-state index contributed by atoms with van der Waals surface area (Å²) in [5, 5.41) is 10.7. The van der Waals surface area contributed by atoms with Crippen molar-refractivity contribution in [2.45, 2.75) is 25.4 Å². The lowest BCUT2D eigenvalue weighted by Crippen LogP contribution is -2.24. The Morgan fingerprint density at radius 3 is 3.00 bits per heavy atom. The highest BCUT2D eigenvalue weighted by molar-refractivity contribution is 5.31. The number of aromatic nitrogens is 5. The van der Waals surface area contributed by atoms with Crippen LogP contribution in [0.1, 0.15) is 24.7 Å². The minimum atomic E-state index is -0.0674. The lowest BCUT2D eigenvalue weighted by molar-refractivity contribution is 0.698. The second kappa shape index (κ2) is 4.25. The molecule has 3 rings (SSSR count). The highest BCUT2D eigenvalue weighted by atomic mass is 16.1. The molecule has 0 bridgehead atoms. The number of aryl methyl sites for hydroxylation is 1. The van der Waals surface area contributed by atoms with E-state index in [0.717, 1.165) is 18.7 Å². The van der Waals surface area contributed by atoms with E-state index < -0.39 is 0 Å². The predicted molar refractivity (Wildman–Crippen MR) is 65.1 cm³/mol. The molecule has 7 heteroatoms. The summed E-state index contributed by atoms with van der Waals surface area (Å²) in [5.74, 6) is 1.13. The average Bonchev–Trinajstić information content (AvgIpc) is 3.12. The van der Waals surface area contributed by atoms with E-state index in [9.17, 15) is 4.79 Å². The molecule has 0 atom stereocenters. The van der Waals surface area contributed by atoms with Gasteiger partial charge in [-0.25, -0.2) is 4.98 Å². The molecule has 0 radical (unpaired) electrons. The number of hydrogen-bond acceptors (Lipinski definition) is 5. The topological polar surface area (TPSA) is 77.6 Å². The van der Waals surface area contributed by atoms with Crippen molar-refractivity contribution in [2.24, 2.45) is 7.05 Å². The SMILES string of the molecule is Cn1cnnc1CNc1nccn(C2CC2)c1=O. The van der Waals surface area contributed by atoms with Gasteiger partial charge in [0, 0.05) is 25.5 Å². The Morgan fingerprint density at radius 1 is 1.50 bits per heavy atom. The fourth-order valence-electron chi connectivity index (χ4n) is 1.82. The van der Waals surface area contributed by atoms with E-state index in [0.29, 0.717) is 18.4 Å². The Hall–Kier alpha value is -2.18. The molecule has 0 saturated heterocycles. The van der Waals surface area contributed by atoms with Gasteiger partial charge >= 0.3 is 0 Å². The van der Waals surface area contributed by atoms with Crippen LogP contribution in [-0.2, 0) is 13.6 Å². The summed E-state index contributed by atoms with van der Waals surface area (Å²) in [5.41, 5.74) is -0.0674. The molecule has 2 aromatic rings. The van der Waals surface area contributed by atoms with Gasteiger partial charge in [0.25, 0.3) is 5.56 Å². The number of hydrogen-bond donors (Lipinski definition) is 1. The van der Waals surface area contributed by atoms with Crippen LogP contribution in [0.2, 0.25) is 0 Å². The molecule has 0 aliphatic heterocycles. The van der Waals surface area contributed by atoms with Crippen LogP contribution in [0, 0.1) is 0 Å². The third-order valence-electron chi connectivity index (χ3n) is 3.03. The fourth-order valence-corrected chi connectivity index (χ4v) is 1.82. The normalized spacial score (nSPS) is 14.7. The van der Waals surface area contributed by atoms with Gasteiger partial charge in [0.15, 0.2) is 11.6 Å². The summed E-state index contributed by atoms with van der Waals surface area (Å²) in [6, 6.07) is 0.357. The van der Waals surface area contributed by atoms with Gasteiger partial charge in [-0.2, -0.15) is 0 Å². The molecule has 1 N–H and O–H groups in total. The molecule has 1 aliphatic carbocycles. The quantitative estimate of drug-likeness (QED) is 0.840. The van der Waals surface area contributed by atoms with Crippen LogP contribution in [0.5, 0.6) is 0 Å². The number of rotatable bonds is 4. The van der Waals surface area contributed by atoms with Crippen molar-refractivity contribution in [3.8, 4) is 0 Å². The summed E-state index contributed by atoms with van der Waals surface area (Å²) < 4.78 is 3.54. The van der Waals surface area contributed by atoms with Crippen molar-refractivity contribution in [1.82, 2.24) is 24.3 Å². The molecular weight excluding hydrogens is 232 g/mol. The number of nitrogens with one attached hydrogen (secondary N) is 1. The lowest BCUT2D eigenvalue weighted by atomic mass is 10.5. The van der Waals surface area contributed by atoms with Crippen molar-refractivity contribution in [3.63, 3.8) is 0 Å². The highest BCUT2D eigenvalue weighted by Crippen LogP contribution is 2.33. The maximum absolute atomic E-state index is 12.1. The van der Waals surface area contributed by atoms with E-state index in [2.05, 4.69) is 20.5 Å². The van der Waals surface area contributed by atoms with Crippen LogP contribution >= 0.6 is 0 Å². The van der Waals surface area contributed by atoms with Crippen molar-refractivity contribution >= 4 is 5.82 Å². The van der Waals surface area contributed by atoms with E-state index in [-0.39, 0.29) is 5.56 Å². The molecule has 2 aromatic heterocycles. The smallest absolute Gasteiger partial charge is 0.293 e. The summed E-state index contributed by atoms with van der Waals surface area (Å²) >= 11 is 0. The fraction of sp³-hybridized carbons (Fsp3) is 0.455. The summed E-state index contributed by atoms with van der Waals surface area (Å²) in [6.45, 7) is 0.438. The Bertz CT molecular complexity index is 612. The second-order valence-electron chi connectivity index (χ2n) is 4.43. The molecule has 2 heterocycles. The highest BCUT2D eigenvalue weighted by Gasteiger charge is 2.25. The van der Waals surface area contributed by atoms with Gasteiger partial charge in [-0.15, -0.1) is 10.2 Å². The van der Waals surface area contributed by atoms with E-state index in [4.69, 9.17) is 0 Å². The first-order valence-corrected chi connectivity index (χ1v) is 5.89. The molecule has 94 valence electrons. The summed E-state index contributed by atoms with van der Waals surface area (Å²) in [6.07, 6.45) is 7.17. The molecule has 0 spiro atoms. The zero-order valence-electron chi connectivity index (χ0n) is 10.1. The molecule has 0 unspecified atom stereocenters. The van der Waals surface area contributed by atoms with Crippen LogP contribution in [0.4, 0.5) is 5.82 Å². The van der Waals surface area contributed by atoms with Gasteiger partial charge in [0.2, 0.25) is 0 Å². The monoisotopic (exact) mass is 246 g/mol. The first-order chi connectivity index (χ1) is 8.75. The second-order valence-corrected chi connectivity index (χ2v) is 4.43. The molecule has 0 amide bonds. The Morgan fingerprint density at radius 2 is 2.33 bits per heavy atom. The molecule has 1 aliphatic rings. The van der Waals surface area contributed by atoms with Crippen molar-refractivity contribution in [2.75, 3.05) is 5.32 Å². The molecule has 1 saturated carbocycles. The van der Waals surface area contributed by atoms with E-state index in [1.807, 2.05) is 7.05 Å². The Balaban J connectivity index is 1.79. The lowest BCUT2D eigenvalue weighted by Gasteiger charge is -2.07. The van der Waals surface area contributed by atoms with E-state index >= 15 is 0 Å². The van der Waals surface area contributed by atoms with Gasteiger partial charge in [0.1, 0.15) is 6.33 Å². The molecular formula is C11H14N6O. The average molecular weight is 246 g/mol. The Labute approximate surface area is 103 Å². The Kier molecular flexibility index (Phi) is 2.58. The third-order valence-corrected chi connectivity index (χ3v) is 3.03. The van der Waals surface area contributed by atoms with Gasteiger partial charge in [-0.05, 0) is 12.8 Å². The van der Waals surface area contributed by atoms with Crippen molar-refractivity contribution in [3.05, 3.63) is 34.9 Å². The van der Waals surface area contributed by atoms with Crippen LogP contribution < -0.4 is 10.9 Å². The molecule has 0 aromatic carbocycles. The first-order valence-electron chi connectivity index (χ1n) is 5.89. The summed E-state index contributed by atoms with van der Waals surface area (Å²) in [4.78, 5) is 16.2. The largest absolute Gasteiger partial charge is 0.358 e. The van der Waals surface area contributed by atoms with Crippen LogP contribution in [-0.4, -0.2) is 24.3 Å². The van der Waals surface area contributed by atoms with Crippen molar-refractivity contribution < 1.29 is 0 Å². The zero-order valence-corrected chi connectivity index (χ0v) is 10.1. The van der Waals surface area contributed by atoms with Gasteiger partial charge < -0.3 is 14.5 Å². The van der Waals surface area contributed by atoms with Crippen molar-refractivity contribution in [1.29, 1.82) is 0 Å². The van der Waals surface area contributed by atoms with Gasteiger partial charge in [0.05, 0.1) is 6.54 Å². The first kappa shape index (κ1) is 10.9. The predicted octanol–water partition coefficient (Wildman–Crippen LogP) is 0.319.